The monoisotopic (exact) mass is 296 g/mol. The first-order valence-corrected chi connectivity index (χ1v) is 7.15. The van der Waals surface area contributed by atoms with Gasteiger partial charge in [0.05, 0.1) is 5.02 Å². The number of rotatable bonds is 3. The highest BCUT2D eigenvalue weighted by molar-refractivity contribution is 6.39. The average molecular weight is 297 g/mol. The molecule has 0 aliphatic heterocycles. The van der Waals surface area contributed by atoms with Crippen LogP contribution in [0.15, 0.2) is 18.2 Å². The Morgan fingerprint density at radius 2 is 2.16 bits per heavy atom. The lowest BCUT2D eigenvalue weighted by atomic mass is 9.85. The predicted molar refractivity (Wildman–Crippen MR) is 78.0 cm³/mol. The minimum Gasteiger partial charge on any atom is -0.350 e. The lowest BCUT2D eigenvalue weighted by Gasteiger charge is -2.25. The van der Waals surface area contributed by atoms with Gasteiger partial charge >= 0.3 is 0 Å². The van der Waals surface area contributed by atoms with Crippen molar-refractivity contribution in [1.82, 2.24) is 10.3 Å². The van der Waals surface area contributed by atoms with Crippen LogP contribution in [0.3, 0.4) is 0 Å². The van der Waals surface area contributed by atoms with Gasteiger partial charge in [-0.15, -0.1) is 0 Å². The first-order chi connectivity index (χ1) is 9.15. The summed E-state index contributed by atoms with van der Waals surface area (Å²) < 4.78 is 0. The van der Waals surface area contributed by atoms with Crippen LogP contribution in [0, 0.1) is 5.92 Å². The van der Waals surface area contributed by atoms with Gasteiger partial charge in [0.1, 0.15) is 5.69 Å². The van der Waals surface area contributed by atoms with E-state index in [1.807, 2.05) is 6.07 Å². The van der Waals surface area contributed by atoms with Gasteiger partial charge in [0.2, 0.25) is 0 Å². The maximum absolute atomic E-state index is 12.1. The maximum Gasteiger partial charge on any atom is 0.269 e. The van der Waals surface area contributed by atoms with Crippen LogP contribution in [0.1, 0.15) is 29.8 Å². The van der Waals surface area contributed by atoms with Gasteiger partial charge < -0.3 is 10.3 Å². The van der Waals surface area contributed by atoms with E-state index in [0.717, 1.165) is 17.4 Å². The van der Waals surface area contributed by atoms with E-state index >= 15 is 0 Å². The third kappa shape index (κ3) is 2.45. The van der Waals surface area contributed by atoms with Crippen LogP contribution in [0.25, 0.3) is 10.9 Å². The number of hydrogen-bond acceptors (Lipinski definition) is 1. The van der Waals surface area contributed by atoms with Crippen molar-refractivity contribution in [3.05, 3.63) is 33.9 Å². The van der Waals surface area contributed by atoms with Crippen molar-refractivity contribution in [2.24, 2.45) is 5.92 Å². The molecule has 2 aromatic rings. The summed E-state index contributed by atoms with van der Waals surface area (Å²) in [6, 6.07) is 5.36. The van der Waals surface area contributed by atoms with Gasteiger partial charge in [-0.25, -0.2) is 0 Å². The van der Waals surface area contributed by atoms with E-state index in [1.165, 1.54) is 19.3 Å². The number of benzene rings is 1. The van der Waals surface area contributed by atoms with E-state index in [0.29, 0.717) is 21.7 Å². The van der Waals surface area contributed by atoms with Crippen molar-refractivity contribution in [3.63, 3.8) is 0 Å². The minimum absolute atomic E-state index is 0.149. The van der Waals surface area contributed by atoms with Crippen LogP contribution in [0.5, 0.6) is 0 Å². The molecular weight excluding hydrogens is 283 g/mol. The number of H-pyrrole nitrogens is 1. The zero-order valence-corrected chi connectivity index (χ0v) is 11.8. The SMILES string of the molecule is O=C(NCC1CCC1)c1[nH]c2ccc(Cl)cc2c1Cl. The fourth-order valence-corrected chi connectivity index (χ4v) is 2.77. The third-order valence-corrected chi connectivity index (χ3v) is 4.33. The zero-order valence-electron chi connectivity index (χ0n) is 10.3. The van der Waals surface area contributed by atoms with Crippen molar-refractivity contribution < 1.29 is 4.79 Å². The number of halogens is 2. The highest BCUT2D eigenvalue weighted by Crippen LogP contribution is 2.30. The van der Waals surface area contributed by atoms with Gasteiger partial charge in [0.25, 0.3) is 5.91 Å². The Balaban J connectivity index is 1.83. The fourth-order valence-electron chi connectivity index (χ4n) is 2.31. The van der Waals surface area contributed by atoms with E-state index in [4.69, 9.17) is 23.2 Å². The second-order valence-electron chi connectivity index (χ2n) is 5.01. The molecule has 1 amide bonds. The van der Waals surface area contributed by atoms with Gasteiger partial charge in [-0.3, -0.25) is 4.79 Å². The summed E-state index contributed by atoms with van der Waals surface area (Å²) in [5, 5.41) is 4.75. The first-order valence-electron chi connectivity index (χ1n) is 6.40. The van der Waals surface area contributed by atoms with Gasteiger partial charge in [-0.2, -0.15) is 0 Å². The summed E-state index contributed by atoms with van der Waals surface area (Å²) in [5.41, 5.74) is 1.24. The van der Waals surface area contributed by atoms with E-state index in [2.05, 4.69) is 10.3 Å². The topological polar surface area (TPSA) is 44.9 Å². The van der Waals surface area contributed by atoms with Crippen molar-refractivity contribution in [2.45, 2.75) is 19.3 Å². The van der Waals surface area contributed by atoms with Crippen LogP contribution < -0.4 is 5.32 Å². The summed E-state index contributed by atoms with van der Waals surface area (Å²) in [6.45, 7) is 0.727. The summed E-state index contributed by atoms with van der Waals surface area (Å²) in [4.78, 5) is 15.2. The standard InChI is InChI=1S/C14H14Cl2N2O/c15-9-4-5-11-10(6-9)12(16)13(18-11)14(19)17-7-8-2-1-3-8/h4-6,8,18H,1-3,7H2,(H,17,19). The summed E-state index contributed by atoms with van der Waals surface area (Å²) >= 11 is 12.2. The lowest BCUT2D eigenvalue weighted by Crippen LogP contribution is -2.32. The number of carbonyl (C=O) groups is 1. The van der Waals surface area contributed by atoms with Crippen LogP contribution in [-0.2, 0) is 0 Å². The Hall–Kier alpha value is -1.19. The Morgan fingerprint density at radius 3 is 2.84 bits per heavy atom. The first kappa shape index (κ1) is 12.8. The molecule has 1 aliphatic rings. The summed E-state index contributed by atoms with van der Waals surface area (Å²) in [5.74, 6) is 0.478. The normalized spacial score (nSPS) is 15.5. The molecule has 2 N–H and O–H groups in total. The smallest absolute Gasteiger partial charge is 0.269 e. The second-order valence-corrected chi connectivity index (χ2v) is 5.83. The molecule has 3 rings (SSSR count). The van der Waals surface area contributed by atoms with E-state index in [1.54, 1.807) is 12.1 Å². The molecule has 0 saturated heterocycles. The van der Waals surface area contributed by atoms with Gasteiger partial charge in [-0.05, 0) is 37.0 Å². The fraction of sp³-hybridized carbons (Fsp3) is 0.357. The van der Waals surface area contributed by atoms with Crippen molar-refractivity contribution >= 4 is 40.0 Å². The second kappa shape index (κ2) is 5.06. The Morgan fingerprint density at radius 1 is 1.37 bits per heavy atom. The largest absolute Gasteiger partial charge is 0.350 e. The van der Waals surface area contributed by atoms with E-state index < -0.39 is 0 Å². The molecule has 5 heteroatoms. The molecule has 1 aromatic heterocycles. The van der Waals surface area contributed by atoms with Gasteiger partial charge in [-0.1, -0.05) is 29.6 Å². The van der Waals surface area contributed by atoms with Crippen LogP contribution >= 0.6 is 23.2 Å². The number of aromatic amines is 1. The van der Waals surface area contributed by atoms with Gasteiger partial charge in [0, 0.05) is 22.5 Å². The number of carbonyl (C=O) groups excluding carboxylic acids is 1. The van der Waals surface area contributed by atoms with Gasteiger partial charge in [0.15, 0.2) is 0 Å². The molecule has 0 spiro atoms. The maximum atomic E-state index is 12.1. The molecule has 0 bridgehead atoms. The van der Waals surface area contributed by atoms with Crippen LogP contribution in [0.2, 0.25) is 10.0 Å². The third-order valence-electron chi connectivity index (χ3n) is 3.70. The lowest BCUT2D eigenvalue weighted by molar-refractivity contribution is 0.0935. The predicted octanol–water partition coefficient (Wildman–Crippen LogP) is 4.00. The molecule has 1 saturated carbocycles. The number of amides is 1. The molecule has 1 fully saturated rings. The molecule has 3 nitrogen and oxygen atoms in total. The zero-order chi connectivity index (χ0) is 13.4. The summed E-state index contributed by atoms with van der Waals surface area (Å²) in [6.07, 6.45) is 3.68. The van der Waals surface area contributed by atoms with E-state index in [-0.39, 0.29) is 5.91 Å². The summed E-state index contributed by atoms with van der Waals surface area (Å²) in [7, 11) is 0. The Bertz CT molecular complexity index is 632. The number of hydrogen-bond donors (Lipinski definition) is 2. The molecule has 0 atom stereocenters. The molecule has 19 heavy (non-hydrogen) atoms. The highest BCUT2D eigenvalue weighted by atomic mass is 35.5. The van der Waals surface area contributed by atoms with Crippen molar-refractivity contribution in [2.75, 3.05) is 6.54 Å². The molecule has 1 aromatic carbocycles. The highest BCUT2D eigenvalue weighted by Gasteiger charge is 2.20. The van der Waals surface area contributed by atoms with Crippen LogP contribution in [0.4, 0.5) is 0 Å². The molecule has 1 heterocycles. The van der Waals surface area contributed by atoms with E-state index in [9.17, 15) is 4.79 Å². The molecule has 0 radical (unpaired) electrons. The Kier molecular flexibility index (Phi) is 3.42. The minimum atomic E-state index is -0.149. The number of aromatic nitrogens is 1. The average Bonchev–Trinajstić information content (AvgIpc) is 2.65. The van der Waals surface area contributed by atoms with Crippen molar-refractivity contribution in [1.29, 1.82) is 0 Å². The van der Waals surface area contributed by atoms with Crippen molar-refractivity contribution in [3.8, 4) is 0 Å². The molecular formula is C14H14Cl2N2O. The molecule has 1 aliphatic carbocycles. The number of nitrogens with one attached hydrogen (secondary N) is 2. The molecule has 0 unspecified atom stereocenters. The van der Waals surface area contributed by atoms with Crippen LogP contribution in [-0.4, -0.2) is 17.4 Å². The Labute approximate surface area is 121 Å². The number of fused-ring (bicyclic) bond motifs is 1. The molecule has 100 valence electrons. The quantitative estimate of drug-likeness (QED) is 0.883.